The van der Waals surface area contributed by atoms with Gasteiger partial charge in [-0.25, -0.2) is 4.79 Å². The van der Waals surface area contributed by atoms with E-state index in [9.17, 15) is 14.7 Å². The summed E-state index contributed by atoms with van der Waals surface area (Å²) in [6.07, 6.45) is 0.258. The smallest absolute Gasteiger partial charge is 0.350 e. The summed E-state index contributed by atoms with van der Waals surface area (Å²) in [6.45, 7) is 1.74. The second-order valence-corrected chi connectivity index (χ2v) is 3.77. The predicted octanol–water partition coefficient (Wildman–Crippen LogP) is 2.27. The van der Waals surface area contributed by atoms with Gasteiger partial charge >= 0.3 is 5.63 Å². The van der Waals surface area contributed by atoms with E-state index in [1.807, 2.05) is 0 Å². The van der Waals surface area contributed by atoms with Crippen molar-refractivity contribution in [1.82, 2.24) is 0 Å². The fraction of sp³-hybridized carbons (Fsp3) is 0.0909. The molecule has 4 nitrogen and oxygen atoms in total. The molecule has 0 radical (unpaired) electrons. The molecule has 0 spiro atoms. The van der Waals surface area contributed by atoms with Gasteiger partial charge < -0.3 is 9.52 Å². The van der Waals surface area contributed by atoms with Crippen molar-refractivity contribution in [2.75, 3.05) is 0 Å². The number of carbonyl (C=O) groups is 1. The van der Waals surface area contributed by atoms with E-state index in [0.29, 0.717) is 5.02 Å². The van der Waals surface area contributed by atoms with Crippen LogP contribution in [0.3, 0.4) is 0 Å². The molecule has 0 aliphatic heterocycles. The summed E-state index contributed by atoms with van der Waals surface area (Å²) in [5.74, 6) is -0.400. The van der Waals surface area contributed by atoms with Gasteiger partial charge in [-0.15, -0.1) is 0 Å². The molecule has 2 aromatic rings. The Kier molecular flexibility index (Phi) is 2.44. The Labute approximate surface area is 95.1 Å². The lowest BCUT2D eigenvalue weighted by Crippen LogP contribution is -2.06. The molecule has 0 aliphatic carbocycles. The summed E-state index contributed by atoms with van der Waals surface area (Å²) in [4.78, 5) is 21.9. The van der Waals surface area contributed by atoms with E-state index in [2.05, 4.69) is 0 Å². The first-order valence-electron chi connectivity index (χ1n) is 4.45. The van der Waals surface area contributed by atoms with Crippen LogP contribution in [0.1, 0.15) is 15.9 Å². The van der Waals surface area contributed by atoms with Crippen molar-refractivity contribution in [2.24, 2.45) is 0 Å². The molecule has 82 valence electrons. The number of aryl methyl sites for hydroxylation is 1. The molecule has 0 unspecified atom stereocenters. The Morgan fingerprint density at radius 3 is 2.75 bits per heavy atom. The average molecular weight is 239 g/mol. The number of aromatic hydroxyl groups is 1. The molecule has 0 bridgehead atoms. The highest BCUT2D eigenvalue weighted by Gasteiger charge is 2.14. The molecule has 5 heteroatoms. The number of hydrogen-bond acceptors (Lipinski definition) is 4. The minimum Gasteiger partial charge on any atom is -0.506 e. The van der Waals surface area contributed by atoms with E-state index < -0.39 is 16.9 Å². The van der Waals surface area contributed by atoms with Crippen LogP contribution in [-0.4, -0.2) is 11.4 Å². The number of rotatable bonds is 1. The van der Waals surface area contributed by atoms with Crippen molar-refractivity contribution >= 4 is 28.9 Å². The van der Waals surface area contributed by atoms with Crippen LogP contribution in [0.25, 0.3) is 11.0 Å². The van der Waals surface area contributed by atoms with Crippen molar-refractivity contribution in [3.8, 4) is 5.75 Å². The fourth-order valence-electron chi connectivity index (χ4n) is 1.43. The van der Waals surface area contributed by atoms with Gasteiger partial charge in [0.2, 0.25) is 0 Å². The molecular formula is C11H7ClO4. The number of halogens is 1. The molecule has 0 atom stereocenters. The SMILES string of the molecule is Cc1cc2oc(=O)c(C=O)c(O)c2cc1Cl. The van der Waals surface area contributed by atoms with E-state index in [4.69, 9.17) is 16.0 Å². The first-order valence-corrected chi connectivity index (χ1v) is 4.83. The van der Waals surface area contributed by atoms with Crippen LogP contribution in [-0.2, 0) is 0 Å². The quantitative estimate of drug-likeness (QED) is 0.611. The van der Waals surface area contributed by atoms with Crippen molar-refractivity contribution in [3.05, 3.63) is 38.7 Å². The van der Waals surface area contributed by atoms with Crippen LogP contribution in [0.15, 0.2) is 21.3 Å². The molecular weight excluding hydrogens is 232 g/mol. The highest BCUT2D eigenvalue weighted by molar-refractivity contribution is 6.32. The Bertz CT molecular complexity index is 642. The molecule has 1 aromatic heterocycles. The van der Waals surface area contributed by atoms with Gasteiger partial charge in [0, 0.05) is 5.02 Å². The van der Waals surface area contributed by atoms with Crippen LogP contribution < -0.4 is 5.63 Å². The highest BCUT2D eigenvalue weighted by Crippen LogP contribution is 2.30. The third-order valence-electron chi connectivity index (χ3n) is 2.31. The Balaban J connectivity index is 2.99. The molecule has 16 heavy (non-hydrogen) atoms. The van der Waals surface area contributed by atoms with Crippen LogP contribution in [0.4, 0.5) is 0 Å². The van der Waals surface area contributed by atoms with E-state index in [0.717, 1.165) is 5.56 Å². The Morgan fingerprint density at radius 1 is 1.44 bits per heavy atom. The van der Waals surface area contributed by atoms with Gasteiger partial charge in [0.05, 0.1) is 5.39 Å². The number of benzene rings is 1. The van der Waals surface area contributed by atoms with E-state index in [1.165, 1.54) is 12.1 Å². The van der Waals surface area contributed by atoms with Gasteiger partial charge in [-0.3, -0.25) is 4.79 Å². The van der Waals surface area contributed by atoms with E-state index in [-0.39, 0.29) is 17.3 Å². The Hall–Kier alpha value is -1.81. The topological polar surface area (TPSA) is 67.5 Å². The van der Waals surface area contributed by atoms with Gasteiger partial charge in [-0.1, -0.05) is 11.6 Å². The molecule has 0 saturated heterocycles. The number of aldehydes is 1. The third kappa shape index (κ3) is 1.47. The van der Waals surface area contributed by atoms with Crippen LogP contribution in [0.2, 0.25) is 5.02 Å². The highest BCUT2D eigenvalue weighted by atomic mass is 35.5. The van der Waals surface area contributed by atoms with Crippen molar-refractivity contribution in [2.45, 2.75) is 6.92 Å². The molecule has 1 heterocycles. The van der Waals surface area contributed by atoms with Crippen LogP contribution in [0.5, 0.6) is 5.75 Å². The zero-order valence-electron chi connectivity index (χ0n) is 8.28. The maximum Gasteiger partial charge on any atom is 0.350 e. The third-order valence-corrected chi connectivity index (χ3v) is 2.72. The Morgan fingerprint density at radius 2 is 2.12 bits per heavy atom. The minimum atomic E-state index is -0.860. The lowest BCUT2D eigenvalue weighted by atomic mass is 10.1. The zero-order valence-corrected chi connectivity index (χ0v) is 9.04. The van der Waals surface area contributed by atoms with Crippen molar-refractivity contribution in [1.29, 1.82) is 0 Å². The molecule has 0 aliphatic rings. The second-order valence-electron chi connectivity index (χ2n) is 3.37. The van der Waals surface area contributed by atoms with E-state index in [1.54, 1.807) is 6.92 Å². The average Bonchev–Trinajstić information content (AvgIpc) is 2.22. The van der Waals surface area contributed by atoms with Gasteiger partial charge in [-0.2, -0.15) is 0 Å². The molecule has 2 rings (SSSR count). The minimum absolute atomic E-state index is 0.204. The first-order chi connectivity index (χ1) is 7.54. The lowest BCUT2D eigenvalue weighted by Gasteiger charge is -2.04. The summed E-state index contributed by atoms with van der Waals surface area (Å²) < 4.78 is 4.89. The normalized spacial score (nSPS) is 10.6. The predicted molar refractivity (Wildman–Crippen MR) is 59.3 cm³/mol. The van der Waals surface area contributed by atoms with Gasteiger partial charge in [0.25, 0.3) is 0 Å². The van der Waals surface area contributed by atoms with Gasteiger partial charge in [0.15, 0.2) is 6.29 Å². The van der Waals surface area contributed by atoms with Gasteiger partial charge in [-0.05, 0) is 24.6 Å². The summed E-state index contributed by atoms with van der Waals surface area (Å²) in [5, 5.41) is 10.4. The van der Waals surface area contributed by atoms with Crippen molar-refractivity contribution in [3.63, 3.8) is 0 Å². The zero-order chi connectivity index (χ0) is 11.9. The molecule has 1 aromatic carbocycles. The largest absolute Gasteiger partial charge is 0.506 e. The van der Waals surface area contributed by atoms with Crippen molar-refractivity contribution < 1.29 is 14.3 Å². The van der Waals surface area contributed by atoms with Crippen LogP contribution >= 0.6 is 11.6 Å². The summed E-state index contributed by atoms with van der Waals surface area (Å²) in [6, 6.07) is 2.99. The number of carbonyl (C=O) groups excluding carboxylic acids is 1. The monoisotopic (exact) mass is 238 g/mol. The summed E-state index contributed by atoms with van der Waals surface area (Å²) >= 11 is 5.88. The first kappa shape index (κ1) is 10.7. The summed E-state index contributed by atoms with van der Waals surface area (Å²) in [5.41, 5.74) is -0.334. The standard InChI is InChI=1S/C11H7ClO4/c1-5-2-9-6(3-8(5)12)10(14)7(4-13)11(15)16-9/h2-4,14H,1H3. The maximum absolute atomic E-state index is 11.3. The molecule has 0 amide bonds. The maximum atomic E-state index is 11.3. The van der Waals surface area contributed by atoms with Gasteiger partial charge in [0.1, 0.15) is 16.9 Å². The van der Waals surface area contributed by atoms with E-state index >= 15 is 0 Å². The van der Waals surface area contributed by atoms with Crippen LogP contribution in [0, 0.1) is 6.92 Å². The summed E-state index contributed by atoms with van der Waals surface area (Å²) in [7, 11) is 0. The number of hydrogen-bond donors (Lipinski definition) is 1. The fourth-order valence-corrected chi connectivity index (χ4v) is 1.59. The second kappa shape index (κ2) is 3.64. The molecule has 0 fully saturated rings. The molecule has 0 saturated carbocycles. The number of fused-ring (bicyclic) bond motifs is 1. The lowest BCUT2D eigenvalue weighted by molar-refractivity contribution is 0.111. The molecule has 1 N–H and O–H groups in total.